The highest BCUT2D eigenvalue weighted by molar-refractivity contribution is 9.10. The van der Waals surface area contributed by atoms with Crippen LogP contribution in [0, 0.1) is 5.92 Å². The van der Waals surface area contributed by atoms with Gasteiger partial charge in [0.15, 0.2) is 0 Å². The maximum absolute atomic E-state index is 6.24. The Balaban J connectivity index is 2.28. The minimum absolute atomic E-state index is 0.766. The van der Waals surface area contributed by atoms with Crippen LogP contribution in [0.3, 0.4) is 0 Å². The predicted octanol–water partition coefficient (Wildman–Crippen LogP) is 4.34. The molecule has 1 aliphatic rings. The minimum atomic E-state index is 0.766. The molecule has 0 spiro atoms. The first-order valence-corrected chi connectivity index (χ1v) is 6.54. The van der Waals surface area contributed by atoms with Crippen molar-refractivity contribution in [3.05, 3.63) is 27.7 Å². The first-order chi connectivity index (χ1) is 7.18. The molecule has 0 N–H and O–H groups in total. The zero-order valence-corrected chi connectivity index (χ0v) is 11.2. The van der Waals surface area contributed by atoms with Gasteiger partial charge in [-0.3, -0.25) is 0 Å². The zero-order chi connectivity index (χ0) is 10.8. The summed E-state index contributed by atoms with van der Waals surface area (Å²) in [7, 11) is 0. The Labute approximate surface area is 105 Å². The van der Waals surface area contributed by atoms with E-state index < -0.39 is 0 Å². The van der Waals surface area contributed by atoms with Crippen molar-refractivity contribution in [2.24, 2.45) is 5.92 Å². The maximum Gasteiger partial charge on any atom is 0.0700 e. The fourth-order valence-electron chi connectivity index (χ4n) is 2.18. The van der Waals surface area contributed by atoms with Crippen LogP contribution in [0.15, 0.2) is 22.7 Å². The van der Waals surface area contributed by atoms with Gasteiger partial charge in [-0.15, -0.1) is 0 Å². The van der Waals surface area contributed by atoms with E-state index >= 15 is 0 Å². The van der Waals surface area contributed by atoms with Gasteiger partial charge in [0.2, 0.25) is 0 Å². The molecule has 15 heavy (non-hydrogen) atoms. The molecular formula is C12H15BrClN. The van der Waals surface area contributed by atoms with Crippen LogP contribution < -0.4 is 4.90 Å². The summed E-state index contributed by atoms with van der Waals surface area (Å²) in [6.07, 6.45) is 2.59. The third kappa shape index (κ3) is 2.48. The molecule has 1 heterocycles. The van der Waals surface area contributed by atoms with Gasteiger partial charge in [-0.05, 0) is 46.8 Å². The number of halogens is 2. The lowest BCUT2D eigenvalue weighted by Gasteiger charge is -2.34. The lowest BCUT2D eigenvalue weighted by molar-refractivity contribution is 0.446. The second-order valence-electron chi connectivity index (χ2n) is 4.26. The fraction of sp³-hybridized carbons (Fsp3) is 0.500. The van der Waals surface area contributed by atoms with E-state index in [9.17, 15) is 0 Å². The summed E-state index contributed by atoms with van der Waals surface area (Å²) in [5.74, 6) is 0.766. The molecule has 2 rings (SSSR count). The Morgan fingerprint density at radius 1 is 1.47 bits per heavy atom. The van der Waals surface area contributed by atoms with Crippen molar-refractivity contribution in [3.8, 4) is 0 Å². The van der Waals surface area contributed by atoms with E-state index in [1.807, 2.05) is 12.1 Å². The molecule has 1 atom stereocenters. The lowest BCUT2D eigenvalue weighted by Crippen LogP contribution is -2.34. The molecule has 1 aliphatic heterocycles. The molecule has 0 aromatic heterocycles. The number of nitrogens with zero attached hydrogens (tertiary/aromatic N) is 1. The van der Waals surface area contributed by atoms with Gasteiger partial charge in [0.1, 0.15) is 0 Å². The summed E-state index contributed by atoms with van der Waals surface area (Å²) in [4.78, 5) is 2.39. The van der Waals surface area contributed by atoms with Crippen LogP contribution >= 0.6 is 27.5 Å². The fourth-order valence-corrected chi connectivity index (χ4v) is 3.21. The smallest absolute Gasteiger partial charge is 0.0700 e. The second kappa shape index (κ2) is 4.75. The quantitative estimate of drug-likeness (QED) is 0.743. The van der Waals surface area contributed by atoms with E-state index in [0.717, 1.165) is 34.2 Å². The van der Waals surface area contributed by atoms with Crippen LogP contribution in [-0.2, 0) is 0 Å². The van der Waals surface area contributed by atoms with Gasteiger partial charge in [0, 0.05) is 17.6 Å². The topological polar surface area (TPSA) is 3.24 Å². The molecule has 0 bridgehead atoms. The molecule has 1 saturated heterocycles. The van der Waals surface area contributed by atoms with E-state index in [2.05, 4.69) is 33.8 Å². The van der Waals surface area contributed by atoms with Crippen molar-refractivity contribution in [3.63, 3.8) is 0 Å². The molecule has 0 amide bonds. The average Bonchev–Trinajstić information content (AvgIpc) is 2.17. The summed E-state index contributed by atoms with van der Waals surface area (Å²) in [5.41, 5.74) is 1.16. The molecule has 1 nitrogen and oxygen atoms in total. The van der Waals surface area contributed by atoms with Crippen molar-refractivity contribution in [2.45, 2.75) is 19.8 Å². The van der Waals surface area contributed by atoms with E-state index in [0.29, 0.717) is 0 Å². The van der Waals surface area contributed by atoms with Crippen molar-refractivity contribution in [1.29, 1.82) is 0 Å². The molecule has 0 aliphatic carbocycles. The molecule has 1 aromatic rings. The zero-order valence-electron chi connectivity index (χ0n) is 8.84. The normalized spacial score (nSPS) is 21.8. The van der Waals surface area contributed by atoms with Gasteiger partial charge < -0.3 is 4.90 Å². The molecule has 0 saturated carbocycles. The molecule has 0 radical (unpaired) electrons. The SMILES string of the molecule is CC1CCCN(c2c(Cl)cccc2Br)C1. The Bertz CT molecular complexity index is 333. The van der Waals surface area contributed by atoms with Gasteiger partial charge in [-0.1, -0.05) is 24.6 Å². The number of benzene rings is 1. The van der Waals surface area contributed by atoms with Crippen molar-refractivity contribution in [2.75, 3.05) is 18.0 Å². The molecule has 1 fully saturated rings. The molecular weight excluding hydrogens is 273 g/mol. The maximum atomic E-state index is 6.24. The van der Waals surface area contributed by atoms with Crippen LogP contribution in [0.2, 0.25) is 5.02 Å². The number of hydrogen-bond donors (Lipinski definition) is 0. The summed E-state index contributed by atoms with van der Waals surface area (Å²) < 4.78 is 1.10. The van der Waals surface area contributed by atoms with Crippen molar-refractivity contribution in [1.82, 2.24) is 0 Å². The molecule has 1 aromatic carbocycles. The van der Waals surface area contributed by atoms with Crippen LogP contribution in [0.4, 0.5) is 5.69 Å². The van der Waals surface area contributed by atoms with Gasteiger partial charge in [0.05, 0.1) is 10.7 Å². The minimum Gasteiger partial charge on any atom is -0.369 e. The third-order valence-electron chi connectivity index (χ3n) is 2.91. The van der Waals surface area contributed by atoms with Gasteiger partial charge in [0.25, 0.3) is 0 Å². The Kier molecular flexibility index (Phi) is 3.57. The lowest BCUT2D eigenvalue weighted by atomic mass is 10.00. The van der Waals surface area contributed by atoms with E-state index in [4.69, 9.17) is 11.6 Å². The highest BCUT2D eigenvalue weighted by atomic mass is 79.9. The highest BCUT2D eigenvalue weighted by Crippen LogP contribution is 2.35. The van der Waals surface area contributed by atoms with Crippen LogP contribution in [0.1, 0.15) is 19.8 Å². The number of hydrogen-bond acceptors (Lipinski definition) is 1. The Morgan fingerprint density at radius 2 is 2.27 bits per heavy atom. The third-order valence-corrected chi connectivity index (χ3v) is 3.86. The summed E-state index contributed by atoms with van der Waals surface area (Å²) >= 11 is 9.82. The number of anilines is 1. The first kappa shape index (κ1) is 11.3. The summed E-state index contributed by atoms with van der Waals surface area (Å²) in [5, 5.41) is 0.846. The monoisotopic (exact) mass is 287 g/mol. The van der Waals surface area contributed by atoms with Gasteiger partial charge >= 0.3 is 0 Å². The average molecular weight is 289 g/mol. The highest BCUT2D eigenvalue weighted by Gasteiger charge is 2.20. The van der Waals surface area contributed by atoms with Crippen molar-refractivity contribution >= 4 is 33.2 Å². The summed E-state index contributed by atoms with van der Waals surface area (Å²) in [6.45, 7) is 4.53. The first-order valence-electron chi connectivity index (χ1n) is 5.37. The number of para-hydroxylation sites is 1. The van der Waals surface area contributed by atoms with Crippen LogP contribution in [0.5, 0.6) is 0 Å². The van der Waals surface area contributed by atoms with Crippen LogP contribution in [-0.4, -0.2) is 13.1 Å². The molecule has 82 valence electrons. The van der Waals surface area contributed by atoms with Gasteiger partial charge in [-0.25, -0.2) is 0 Å². The van der Waals surface area contributed by atoms with E-state index in [-0.39, 0.29) is 0 Å². The molecule has 1 unspecified atom stereocenters. The van der Waals surface area contributed by atoms with Gasteiger partial charge in [-0.2, -0.15) is 0 Å². The predicted molar refractivity (Wildman–Crippen MR) is 69.8 cm³/mol. The van der Waals surface area contributed by atoms with E-state index in [1.165, 1.54) is 12.8 Å². The molecule has 3 heteroatoms. The van der Waals surface area contributed by atoms with E-state index in [1.54, 1.807) is 0 Å². The number of rotatable bonds is 1. The number of piperidine rings is 1. The second-order valence-corrected chi connectivity index (χ2v) is 5.53. The van der Waals surface area contributed by atoms with Crippen LogP contribution in [0.25, 0.3) is 0 Å². The summed E-state index contributed by atoms with van der Waals surface area (Å²) in [6, 6.07) is 5.99. The van der Waals surface area contributed by atoms with Crippen molar-refractivity contribution < 1.29 is 0 Å². The Morgan fingerprint density at radius 3 is 2.93 bits per heavy atom. The largest absolute Gasteiger partial charge is 0.369 e. The Hall–Kier alpha value is -0.210. The standard InChI is InChI=1S/C12H15BrClN/c1-9-4-3-7-15(8-9)12-10(13)5-2-6-11(12)14/h2,5-6,9H,3-4,7-8H2,1H3.